The Balaban J connectivity index is 2.61. The van der Waals surface area contributed by atoms with E-state index >= 15 is 0 Å². The highest BCUT2D eigenvalue weighted by atomic mass is 35.5. The molecule has 0 aliphatic rings. The second kappa shape index (κ2) is 9.86. The van der Waals surface area contributed by atoms with Crippen LogP contribution in [0.1, 0.15) is 25.3 Å². The third kappa shape index (κ3) is 5.57. The number of benzene rings is 1. The third-order valence-electron chi connectivity index (χ3n) is 2.85. The molecular weight excluding hydrogens is 278 g/mol. The lowest BCUT2D eigenvalue weighted by Crippen LogP contribution is -2.11. The fourth-order valence-electron chi connectivity index (χ4n) is 1.83. The van der Waals surface area contributed by atoms with Gasteiger partial charge in [-0.2, -0.15) is 0 Å². The van der Waals surface area contributed by atoms with Crippen LogP contribution in [-0.4, -0.2) is 33.5 Å². The summed E-state index contributed by atoms with van der Waals surface area (Å²) in [6, 6.07) is 3.61. The second-order valence-corrected chi connectivity index (χ2v) is 4.89. The largest absolute Gasteiger partial charge is 0.493 e. The van der Waals surface area contributed by atoms with E-state index in [1.165, 1.54) is 0 Å². The van der Waals surface area contributed by atoms with Crippen LogP contribution in [0.5, 0.6) is 11.5 Å². The highest BCUT2D eigenvalue weighted by Gasteiger charge is 2.12. The molecule has 0 saturated heterocycles. The number of hydrogen-bond donors (Lipinski definition) is 1. The minimum absolute atomic E-state index is 0.485. The first kappa shape index (κ1) is 17.1. The van der Waals surface area contributed by atoms with Gasteiger partial charge in [-0.25, -0.2) is 0 Å². The first-order valence-electron chi connectivity index (χ1n) is 7.00. The number of nitrogens with two attached hydrogens (primary N) is 1. The van der Waals surface area contributed by atoms with Crippen molar-refractivity contribution in [1.29, 1.82) is 0 Å². The molecule has 0 aromatic heterocycles. The third-order valence-corrected chi connectivity index (χ3v) is 3.06. The Hall–Kier alpha value is -0.970. The molecule has 0 fully saturated rings. The highest BCUT2D eigenvalue weighted by Crippen LogP contribution is 2.34. The van der Waals surface area contributed by atoms with Crippen LogP contribution in [-0.2, 0) is 11.2 Å². The van der Waals surface area contributed by atoms with Crippen LogP contribution in [0.3, 0.4) is 0 Å². The van der Waals surface area contributed by atoms with E-state index in [1.807, 2.05) is 6.07 Å². The summed E-state index contributed by atoms with van der Waals surface area (Å²) < 4.78 is 16.6. The van der Waals surface area contributed by atoms with Gasteiger partial charge in [-0.1, -0.05) is 24.9 Å². The maximum atomic E-state index is 6.05. The fourth-order valence-corrected chi connectivity index (χ4v) is 2.06. The summed E-state index contributed by atoms with van der Waals surface area (Å²) in [4.78, 5) is 0. The predicted molar refractivity (Wildman–Crippen MR) is 82.0 cm³/mol. The Kier molecular flexibility index (Phi) is 8.42. The molecular formula is C15H24ClNO3. The van der Waals surface area contributed by atoms with Gasteiger partial charge in [0, 0.05) is 23.3 Å². The molecule has 0 saturated carbocycles. The van der Waals surface area contributed by atoms with Gasteiger partial charge in [0.25, 0.3) is 0 Å². The summed E-state index contributed by atoms with van der Waals surface area (Å²) in [7, 11) is 1.60. The van der Waals surface area contributed by atoms with E-state index in [2.05, 4.69) is 6.92 Å². The maximum Gasteiger partial charge on any atom is 0.164 e. The van der Waals surface area contributed by atoms with Crippen molar-refractivity contribution in [3.8, 4) is 11.5 Å². The lowest BCUT2D eigenvalue weighted by Gasteiger charge is -2.15. The van der Waals surface area contributed by atoms with Gasteiger partial charge in [0.1, 0.15) is 6.61 Å². The molecule has 0 bridgehead atoms. The minimum Gasteiger partial charge on any atom is -0.493 e. The van der Waals surface area contributed by atoms with Gasteiger partial charge in [-0.05, 0) is 25.5 Å². The number of ether oxygens (including phenoxy) is 3. The lowest BCUT2D eigenvalue weighted by molar-refractivity contribution is 0.0967. The molecule has 2 N–H and O–H groups in total. The van der Waals surface area contributed by atoms with Crippen LogP contribution in [0.25, 0.3) is 0 Å². The van der Waals surface area contributed by atoms with E-state index in [1.54, 1.807) is 13.2 Å². The van der Waals surface area contributed by atoms with E-state index in [-0.39, 0.29) is 0 Å². The van der Waals surface area contributed by atoms with Crippen molar-refractivity contribution in [1.82, 2.24) is 0 Å². The molecule has 0 aliphatic heterocycles. The number of halogens is 1. The van der Waals surface area contributed by atoms with Crippen molar-refractivity contribution in [2.45, 2.75) is 26.2 Å². The van der Waals surface area contributed by atoms with Gasteiger partial charge in [0.15, 0.2) is 11.5 Å². The Morgan fingerprint density at radius 1 is 1.20 bits per heavy atom. The quantitative estimate of drug-likeness (QED) is 0.675. The van der Waals surface area contributed by atoms with Crippen molar-refractivity contribution < 1.29 is 14.2 Å². The van der Waals surface area contributed by atoms with Gasteiger partial charge in [-0.3, -0.25) is 0 Å². The topological polar surface area (TPSA) is 53.7 Å². The van der Waals surface area contributed by atoms with Crippen molar-refractivity contribution in [3.63, 3.8) is 0 Å². The zero-order valence-corrected chi connectivity index (χ0v) is 13.0. The molecule has 0 radical (unpaired) electrons. The molecule has 0 unspecified atom stereocenters. The Morgan fingerprint density at radius 2 is 2.00 bits per heavy atom. The number of methoxy groups -OCH3 is 1. The molecule has 0 aliphatic carbocycles. The minimum atomic E-state index is 0.485. The number of unbranched alkanes of at least 4 members (excludes halogenated alkanes) is 1. The SMILES string of the molecule is CCCCOCCOc1c(CCN)cc(Cl)cc1OC. The molecule has 0 heterocycles. The van der Waals surface area contributed by atoms with Crippen molar-refractivity contribution >= 4 is 11.6 Å². The van der Waals surface area contributed by atoms with Crippen molar-refractivity contribution in [2.24, 2.45) is 5.73 Å². The Bertz CT molecular complexity index is 399. The molecule has 20 heavy (non-hydrogen) atoms. The summed E-state index contributed by atoms with van der Waals surface area (Å²) in [5, 5.41) is 0.622. The van der Waals surface area contributed by atoms with Crippen LogP contribution in [0.4, 0.5) is 0 Å². The zero-order chi connectivity index (χ0) is 14.8. The molecule has 5 heteroatoms. The number of hydrogen-bond acceptors (Lipinski definition) is 4. The van der Waals surface area contributed by atoms with Gasteiger partial charge >= 0.3 is 0 Å². The van der Waals surface area contributed by atoms with Crippen LogP contribution in [0, 0.1) is 0 Å². The summed E-state index contributed by atoms with van der Waals surface area (Å²) in [5.74, 6) is 1.34. The van der Waals surface area contributed by atoms with Gasteiger partial charge in [-0.15, -0.1) is 0 Å². The highest BCUT2D eigenvalue weighted by molar-refractivity contribution is 6.30. The van der Waals surface area contributed by atoms with Crippen molar-refractivity contribution in [3.05, 3.63) is 22.7 Å². The zero-order valence-electron chi connectivity index (χ0n) is 12.3. The monoisotopic (exact) mass is 301 g/mol. The summed E-state index contributed by atoms with van der Waals surface area (Å²) in [6.07, 6.45) is 2.90. The standard InChI is InChI=1S/C15H24ClNO3/c1-3-4-7-19-8-9-20-15-12(5-6-17)10-13(16)11-14(15)18-2/h10-11H,3-9,17H2,1-2H3. The average molecular weight is 302 g/mol. The Morgan fingerprint density at radius 3 is 2.65 bits per heavy atom. The fraction of sp³-hybridized carbons (Fsp3) is 0.600. The van der Waals surface area contributed by atoms with Gasteiger partial charge in [0.05, 0.1) is 13.7 Å². The maximum absolute atomic E-state index is 6.05. The molecule has 0 atom stereocenters. The second-order valence-electron chi connectivity index (χ2n) is 4.45. The predicted octanol–water partition coefficient (Wildman–Crippen LogP) is 3.05. The van der Waals surface area contributed by atoms with Gasteiger partial charge in [0.2, 0.25) is 0 Å². The number of rotatable bonds is 10. The van der Waals surface area contributed by atoms with Crippen LogP contribution in [0.15, 0.2) is 12.1 Å². The normalized spacial score (nSPS) is 10.6. The van der Waals surface area contributed by atoms with Gasteiger partial charge < -0.3 is 19.9 Å². The molecule has 4 nitrogen and oxygen atoms in total. The van der Waals surface area contributed by atoms with E-state index in [0.717, 1.165) is 25.0 Å². The average Bonchev–Trinajstić information content (AvgIpc) is 2.44. The van der Waals surface area contributed by atoms with E-state index < -0.39 is 0 Å². The first-order chi connectivity index (χ1) is 9.72. The van der Waals surface area contributed by atoms with Crippen molar-refractivity contribution in [2.75, 3.05) is 33.5 Å². The molecule has 1 aromatic carbocycles. The van der Waals surface area contributed by atoms with E-state index in [0.29, 0.717) is 42.7 Å². The smallest absolute Gasteiger partial charge is 0.164 e. The summed E-state index contributed by atoms with van der Waals surface area (Å²) in [6.45, 7) is 4.49. The summed E-state index contributed by atoms with van der Waals surface area (Å²) >= 11 is 6.05. The van der Waals surface area contributed by atoms with Crippen LogP contribution < -0.4 is 15.2 Å². The molecule has 0 amide bonds. The van der Waals surface area contributed by atoms with E-state index in [9.17, 15) is 0 Å². The first-order valence-corrected chi connectivity index (χ1v) is 7.37. The van der Waals surface area contributed by atoms with Crippen LogP contribution in [0.2, 0.25) is 5.02 Å². The molecule has 0 spiro atoms. The van der Waals surface area contributed by atoms with E-state index in [4.69, 9.17) is 31.5 Å². The molecule has 114 valence electrons. The molecule has 1 aromatic rings. The van der Waals surface area contributed by atoms with Crippen LogP contribution >= 0.6 is 11.6 Å². The Labute approximate surface area is 126 Å². The lowest BCUT2D eigenvalue weighted by atomic mass is 10.1. The molecule has 1 rings (SSSR count). The summed E-state index contributed by atoms with van der Waals surface area (Å²) in [5.41, 5.74) is 6.58.